The number of hydrogen-bond acceptors (Lipinski definition) is 6. The second kappa shape index (κ2) is 10.3. The summed E-state index contributed by atoms with van der Waals surface area (Å²) in [6.45, 7) is -0.285. The summed E-state index contributed by atoms with van der Waals surface area (Å²) in [6, 6.07) is 7.78. The quantitative estimate of drug-likeness (QED) is 0.464. The molecule has 7 nitrogen and oxygen atoms in total. The number of piperidine rings is 1. The molecule has 0 bridgehead atoms. The molecule has 1 aromatic heterocycles. The number of rotatable bonds is 8. The van der Waals surface area contributed by atoms with Crippen LogP contribution in [-0.2, 0) is 6.54 Å². The van der Waals surface area contributed by atoms with Crippen molar-refractivity contribution in [1.29, 1.82) is 0 Å². The molecule has 2 aromatic carbocycles. The molecule has 188 valence electrons. The summed E-state index contributed by atoms with van der Waals surface area (Å²) in [5, 5.41) is 27.8. The lowest BCUT2D eigenvalue weighted by atomic mass is 9.83. The summed E-state index contributed by atoms with van der Waals surface area (Å²) >= 11 is 0. The molecule has 2 N–H and O–H groups in total. The van der Waals surface area contributed by atoms with Crippen LogP contribution >= 0.6 is 0 Å². The number of aliphatic hydroxyl groups is 2. The van der Waals surface area contributed by atoms with Gasteiger partial charge >= 0.3 is 6.61 Å². The molecule has 0 unspecified atom stereocenters. The smallest absolute Gasteiger partial charge is 0.387 e. The van der Waals surface area contributed by atoms with E-state index in [1.165, 1.54) is 18.3 Å². The number of halogens is 4. The number of likely N-dealkylation sites (tertiary alicyclic amines) is 1. The Bertz CT molecular complexity index is 1170. The van der Waals surface area contributed by atoms with E-state index in [0.717, 1.165) is 29.7 Å². The van der Waals surface area contributed by atoms with Crippen molar-refractivity contribution < 1.29 is 32.5 Å². The Morgan fingerprint density at radius 3 is 2.71 bits per heavy atom. The van der Waals surface area contributed by atoms with Crippen molar-refractivity contribution >= 4 is 0 Å². The first-order chi connectivity index (χ1) is 16.7. The minimum absolute atomic E-state index is 0.00996. The highest BCUT2D eigenvalue weighted by Gasteiger charge is 2.34. The Kier molecular flexibility index (Phi) is 7.39. The maximum Gasteiger partial charge on any atom is 0.387 e. The Morgan fingerprint density at radius 1 is 1.20 bits per heavy atom. The van der Waals surface area contributed by atoms with Gasteiger partial charge in [0.2, 0.25) is 0 Å². The molecule has 2 atom stereocenters. The minimum Gasteiger partial charge on any atom is -0.434 e. The SMILES string of the molecule is C[C@@](O)(CO)[C@H]1CCCN(Cc2ccc(-c3cn(-c4ccc(F)cc4F)nn3)cc2OC(F)F)C1. The summed E-state index contributed by atoms with van der Waals surface area (Å²) in [5.74, 6) is -1.73. The maximum atomic E-state index is 14.1. The molecule has 1 aliphatic heterocycles. The van der Waals surface area contributed by atoms with E-state index in [0.29, 0.717) is 30.8 Å². The van der Waals surface area contributed by atoms with Crippen molar-refractivity contribution in [3.05, 3.63) is 59.8 Å². The van der Waals surface area contributed by atoms with Crippen molar-refractivity contribution in [1.82, 2.24) is 19.9 Å². The third-order valence-electron chi connectivity index (χ3n) is 6.33. The number of aliphatic hydroxyl groups excluding tert-OH is 1. The van der Waals surface area contributed by atoms with E-state index >= 15 is 0 Å². The summed E-state index contributed by atoms with van der Waals surface area (Å²) in [7, 11) is 0. The van der Waals surface area contributed by atoms with Crippen LogP contribution in [0.2, 0.25) is 0 Å². The lowest BCUT2D eigenvalue weighted by molar-refractivity contribution is -0.0702. The van der Waals surface area contributed by atoms with Gasteiger partial charge in [-0.15, -0.1) is 5.10 Å². The van der Waals surface area contributed by atoms with Gasteiger partial charge in [0.25, 0.3) is 0 Å². The molecule has 0 radical (unpaired) electrons. The largest absolute Gasteiger partial charge is 0.434 e. The number of nitrogens with zero attached hydrogens (tertiary/aromatic N) is 4. The maximum absolute atomic E-state index is 14.1. The fourth-order valence-corrected chi connectivity index (χ4v) is 4.31. The first kappa shape index (κ1) is 25.1. The zero-order chi connectivity index (χ0) is 25.2. The van der Waals surface area contributed by atoms with E-state index in [1.807, 2.05) is 4.90 Å². The molecule has 11 heteroatoms. The first-order valence-corrected chi connectivity index (χ1v) is 11.2. The van der Waals surface area contributed by atoms with Gasteiger partial charge in [-0.1, -0.05) is 17.3 Å². The second-order valence-electron chi connectivity index (χ2n) is 8.93. The van der Waals surface area contributed by atoms with Gasteiger partial charge in [-0.3, -0.25) is 4.90 Å². The molecule has 1 fully saturated rings. The van der Waals surface area contributed by atoms with Crippen LogP contribution in [0.3, 0.4) is 0 Å². The van der Waals surface area contributed by atoms with Crippen LogP contribution in [0.5, 0.6) is 5.75 Å². The van der Waals surface area contributed by atoms with E-state index in [1.54, 1.807) is 19.1 Å². The van der Waals surface area contributed by atoms with E-state index < -0.39 is 23.8 Å². The Labute approximate surface area is 199 Å². The molecule has 4 rings (SSSR count). The average molecular weight is 494 g/mol. The highest BCUT2D eigenvalue weighted by Crippen LogP contribution is 2.32. The Morgan fingerprint density at radius 2 is 2.00 bits per heavy atom. The number of benzene rings is 2. The normalized spacial score (nSPS) is 18.6. The number of hydrogen-bond donors (Lipinski definition) is 2. The zero-order valence-corrected chi connectivity index (χ0v) is 19.0. The van der Waals surface area contributed by atoms with Gasteiger partial charge in [-0.05, 0) is 44.5 Å². The fourth-order valence-electron chi connectivity index (χ4n) is 4.31. The Hall–Kier alpha value is -3.02. The summed E-state index contributed by atoms with van der Waals surface area (Å²) in [5.41, 5.74) is 0.00887. The standard InChI is InChI=1S/C24H26F4N4O3/c1-24(34,14-33)17-3-2-8-31(12-17)11-16-5-4-15(9-22(16)35-23(27)28)20-13-32(30-29-20)21-7-6-18(25)10-19(21)26/h4-7,9-10,13,17,23,33-34H,2-3,8,11-12,14H2,1H3/t17-,24+/m0/s1. The van der Waals surface area contributed by atoms with Crippen LogP contribution in [0.15, 0.2) is 42.6 Å². The fraction of sp³-hybridized carbons (Fsp3) is 0.417. The molecule has 0 aliphatic carbocycles. The van der Waals surface area contributed by atoms with E-state index in [9.17, 15) is 27.8 Å². The third-order valence-corrected chi connectivity index (χ3v) is 6.33. The van der Waals surface area contributed by atoms with Gasteiger partial charge in [0, 0.05) is 36.2 Å². The molecular formula is C24H26F4N4O3. The molecule has 35 heavy (non-hydrogen) atoms. The van der Waals surface area contributed by atoms with Crippen molar-refractivity contribution in [3.63, 3.8) is 0 Å². The van der Waals surface area contributed by atoms with Crippen LogP contribution in [0.1, 0.15) is 25.3 Å². The molecule has 2 heterocycles. The van der Waals surface area contributed by atoms with Gasteiger partial charge in [-0.25, -0.2) is 13.5 Å². The molecule has 0 spiro atoms. The third kappa shape index (κ3) is 5.80. The monoisotopic (exact) mass is 494 g/mol. The van der Waals surface area contributed by atoms with Gasteiger partial charge in [0.05, 0.1) is 18.4 Å². The first-order valence-electron chi connectivity index (χ1n) is 11.2. The van der Waals surface area contributed by atoms with Crippen LogP contribution in [0.25, 0.3) is 16.9 Å². The average Bonchev–Trinajstić information content (AvgIpc) is 3.30. The van der Waals surface area contributed by atoms with Crippen LogP contribution in [0.4, 0.5) is 17.6 Å². The summed E-state index contributed by atoms with van der Waals surface area (Å²) < 4.78 is 59.6. The Balaban J connectivity index is 1.57. The molecule has 0 saturated carbocycles. The van der Waals surface area contributed by atoms with Gasteiger partial charge in [-0.2, -0.15) is 8.78 Å². The van der Waals surface area contributed by atoms with E-state index in [2.05, 4.69) is 10.3 Å². The van der Waals surface area contributed by atoms with Crippen molar-refractivity contribution in [3.8, 4) is 22.7 Å². The van der Waals surface area contributed by atoms with Crippen molar-refractivity contribution in [2.24, 2.45) is 5.92 Å². The number of alkyl halides is 2. The lowest BCUT2D eigenvalue weighted by Gasteiger charge is -2.39. The number of aromatic nitrogens is 3. The predicted octanol–water partition coefficient (Wildman–Crippen LogP) is 3.77. The van der Waals surface area contributed by atoms with Crippen molar-refractivity contribution in [2.75, 3.05) is 19.7 Å². The molecule has 3 aromatic rings. The highest BCUT2D eigenvalue weighted by atomic mass is 19.3. The van der Waals surface area contributed by atoms with E-state index in [-0.39, 0.29) is 29.7 Å². The lowest BCUT2D eigenvalue weighted by Crippen LogP contribution is -2.47. The predicted molar refractivity (Wildman–Crippen MR) is 119 cm³/mol. The summed E-state index contributed by atoms with van der Waals surface area (Å²) in [6.07, 6.45) is 2.96. The number of ether oxygens (including phenoxy) is 1. The second-order valence-corrected chi connectivity index (χ2v) is 8.93. The van der Waals surface area contributed by atoms with E-state index in [4.69, 9.17) is 4.74 Å². The van der Waals surface area contributed by atoms with Crippen LogP contribution in [0, 0.1) is 17.6 Å². The van der Waals surface area contributed by atoms with Crippen LogP contribution < -0.4 is 4.74 Å². The molecule has 0 amide bonds. The highest BCUT2D eigenvalue weighted by molar-refractivity contribution is 5.62. The minimum atomic E-state index is -3.04. The molecule has 1 saturated heterocycles. The van der Waals surface area contributed by atoms with Gasteiger partial charge in [0.15, 0.2) is 5.82 Å². The van der Waals surface area contributed by atoms with Gasteiger partial charge in [0.1, 0.15) is 22.9 Å². The van der Waals surface area contributed by atoms with Gasteiger partial charge < -0.3 is 14.9 Å². The molecule has 1 aliphatic rings. The molecular weight excluding hydrogens is 468 g/mol. The zero-order valence-electron chi connectivity index (χ0n) is 19.0. The van der Waals surface area contributed by atoms with Crippen LogP contribution in [-0.4, -0.2) is 62.0 Å². The topological polar surface area (TPSA) is 83.6 Å². The summed E-state index contributed by atoms with van der Waals surface area (Å²) in [4.78, 5) is 2.03. The van der Waals surface area contributed by atoms with Crippen molar-refractivity contribution in [2.45, 2.75) is 38.5 Å².